The van der Waals surface area contributed by atoms with Gasteiger partial charge in [0.1, 0.15) is 23.7 Å². The van der Waals surface area contributed by atoms with Crippen LogP contribution in [0.1, 0.15) is 78.7 Å². The first kappa shape index (κ1) is 30.2. The van der Waals surface area contributed by atoms with Crippen molar-refractivity contribution in [2.45, 2.75) is 85.0 Å². The van der Waals surface area contributed by atoms with Crippen LogP contribution in [0.15, 0.2) is 36.4 Å². The second-order valence-electron chi connectivity index (χ2n) is 12.3. The molecule has 1 aromatic carbocycles. The molecular formula is C31H41N5O5. The molecule has 4 atom stereocenters. The van der Waals surface area contributed by atoms with E-state index in [0.717, 1.165) is 16.5 Å². The lowest BCUT2D eigenvalue weighted by molar-refractivity contribution is -0.164. The maximum atomic E-state index is 13.4. The van der Waals surface area contributed by atoms with E-state index in [1.807, 2.05) is 50.3 Å². The minimum absolute atomic E-state index is 0.225. The molecule has 2 aliphatic rings. The summed E-state index contributed by atoms with van der Waals surface area (Å²) in [6.07, 6.45) is 4.07. The molecule has 220 valence electrons. The van der Waals surface area contributed by atoms with Crippen molar-refractivity contribution in [2.75, 3.05) is 6.54 Å². The lowest BCUT2D eigenvalue weighted by Gasteiger charge is -2.41. The predicted molar refractivity (Wildman–Crippen MR) is 156 cm³/mol. The lowest BCUT2D eigenvalue weighted by atomic mass is 9.89. The summed E-state index contributed by atoms with van der Waals surface area (Å²) in [5, 5.41) is 7.93. The maximum Gasteiger partial charge on any atom is 0.328 e. The molecule has 0 radical (unpaired) electrons. The average molecular weight is 564 g/mol. The number of ether oxygens (including phenoxy) is 1. The second kappa shape index (κ2) is 11.6. The highest BCUT2D eigenvalue weighted by Gasteiger charge is 2.42. The minimum atomic E-state index is -1.14. The fourth-order valence-corrected chi connectivity index (χ4v) is 4.99. The van der Waals surface area contributed by atoms with Crippen LogP contribution in [0, 0.1) is 11.3 Å². The Hall–Kier alpha value is -3.79. The van der Waals surface area contributed by atoms with Gasteiger partial charge in [-0.05, 0) is 71.1 Å². The Morgan fingerprint density at radius 1 is 1.02 bits per heavy atom. The number of amides is 3. The molecule has 1 saturated heterocycles. The molecule has 3 amide bonds. The Morgan fingerprint density at radius 2 is 1.73 bits per heavy atom. The van der Waals surface area contributed by atoms with Crippen LogP contribution in [-0.4, -0.2) is 57.9 Å². The number of rotatable bonds is 1. The quantitative estimate of drug-likeness (QED) is 0.454. The van der Waals surface area contributed by atoms with Crippen LogP contribution in [0.2, 0.25) is 0 Å². The van der Waals surface area contributed by atoms with Gasteiger partial charge in [0, 0.05) is 11.9 Å². The molecular weight excluding hydrogens is 522 g/mol. The minimum Gasteiger partial charge on any atom is -0.455 e. The molecule has 1 fully saturated rings. The van der Waals surface area contributed by atoms with Gasteiger partial charge in [0.05, 0.1) is 16.6 Å². The SMILES string of the molecule is CC(C)C1NC(=O)C(C)(C)/C=C/c2ccc3ccc(nc3c2)[C@@H](C)OC(=O)[C@]2(C)CCCN(N2)C(=O)[C@H](C)NC1=O. The van der Waals surface area contributed by atoms with E-state index in [1.165, 1.54) is 5.01 Å². The number of nitrogens with zero attached hydrogens (tertiary/aromatic N) is 2. The molecule has 10 nitrogen and oxygen atoms in total. The van der Waals surface area contributed by atoms with E-state index in [1.54, 1.807) is 40.7 Å². The van der Waals surface area contributed by atoms with E-state index in [9.17, 15) is 19.2 Å². The Balaban J connectivity index is 1.73. The van der Waals surface area contributed by atoms with Crippen molar-refractivity contribution in [3.63, 3.8) is 0 Å². The molecule has 10 heteroatoms. The first-order chi connectivity index (χ1) is 19.2. The summed E-state index contributed by atoms with van der Waals surface area (Å²) in [5.41, 5.74) is 3.16. The fourth-order valence-electron chi connectivity index (χ4n) is 4.99. The van der Waals surface area contributed by atoms with Gasteiger partial charge < -0.3 is 15.4 Å². The second-order valence-corrected chi connectivity index (χ2v) is 12.3. The zero-order valence-corrected chi connectivity index (χ0v) is 24.9. The first-order valence-corrected chi connectivity index (χ1v) is 14.2. The summed E-state index contributed by atoms with van der Waals surface area (Å²) in [6, 6.07) is 7.83. The topological polar surface area (TPSA) is 130 Å². The van der Waals surface area contributed by atoms with Gasteiger partial charge in [-0.3, -0.25) is 19.4 Å². The van der Waals surface area contributed by atoms with Gasteiger partial charge in [-0.2, -0.15) is 0 Å². The highest BCUT2D eigenvalue weighted by molar-refractivity contribution is 5.94. The third kappa shape index (κ3) is 6.59. The zero-order valence-electron chi connectivity index (χ0n) is 24.9. The van der Waals surface area contributed by atoms with Crippen molar-refractivity contribution in [1.29, 1.82) is 0 Å². The third-order valence-corrected chi connectivity index (χ3v) is 7.84. The van der Waals surface area contributed by atoms with Crippen molar-refractivity contribution in [3.8, 4) is 0 Å². The molecule has 2 aromatic rings. The fraction of sp³-hybridized carbons (Fsp3) is 0.516. The van der Waals surface area contributed by atoms with Crippen LogP contribution in [0.5, 0.6) is 0 Å². The van der Waals surface area contributed by atoms with Crippen molar-refractivity contribution in [1.82, 2.24) is 26.1 Å². The molecule has 1 unspecified atom stereocenters. The normalized spacial score (nSPS) is 28.7. The molecule has 1 aromatic heterocycles. The maximum absolute atomic E-state index is 13.4. The highest BCUT2D eigenvalue weighted by atomic mass is 16.5. The Morgan fingerprint density at radius 3 is 2.44 bits per heavy atom. The summed E-state index contributed by atoms with van der Waals surface area (Å²) in [6.45, 7) is 12.7. The summed E-state index contributed by atoms with van der Waals surface area (Å²) < 4.78 is 5.85. The van der Waals surface area contributed by atoms with E-state index in [2.05, 4.69) is 16.1 Å². The summed E-state index contributed by atoms with van der Waals surface area (Å²) in [5.74, 6) is -1.88. The number of fused-ring (bicyclic) bond motifs is 4. The van der Waals surface area contributed by atoms with Gasteiger partial charge in [-0.25, -0.2) is 15.2 Å². The number of aromatic nitrogens is 1. The van der Waals surface area contributed by atoms with Gasteiger partial charge in [-0.15, -0.1) is 0 Å². The monoisotopic (exact) mass is 563 g/mol. The van der Waals surface area contributed by atoms with E-state index in [0.29, 0.717) is 25.1 Å². The molecule has 41 heavy (non-hydrogen) atoms. The zero-order chi connectivity index (χ0) is 30.1. The smallest absolute Gasteiger partial charge is 0.328 e. The number of esters is 1. The van der Waals surface area contributed by atoms with Crippen LogP contribution in [-0.2, 0) is 23.9 Å². The first-order valence-electron chi connectivity index (χ1n) is 14.2. The average Bonchev–Trinajstić information content (AvgIpc) is 2.92. The van der Waals surface area contributed by atoms with Crippen LogP contribution in [0.3, 0.4) is 0 Å². The Bertz CT molecular complexity index is 1390. The number of carbonyl (C=O) groups excluding carboxylic acids is 4. The number of hydrazine groups is 1. The van der Waals surface area contributed by atoms with Crippen LogP contribution < -0.4 is 16.1 Å². The summed E-state index contributed by atoms with van der Waals surface area (Å²) in [7, 11) is 0. The van der Waals surface area contributed by atoms with Gasteiger partial charge in [0.15, 0.2) is 0 Å². The van der Waals surface area contributed by atoms with Crippen molar-refractivity contribution in [3.05, 3.63) is 47.7 Å². The summed E-state index contributed by atoms with van der Waals surface area (Å²) >= 11 is 0. The number of carbonyl (C=O) groups is 4. The molecule has 4 rings (SSSR count). The number of nitrogens with one attached hydrogen (secondary N) is 3. The van der Waals surface area contributed by atoms with E-state index in [-0.39, 0.29) is 17.7 Å². The molecule has 0 spiro atoms. The predicted octanol–water partition coefficient (Wildman–Crippen LogP) is 3.42. The van der Waals surface area contributed by atoms with Crippen molar-refractivity contribution < 1.29 is 23.9 Å². The van der Waals surface area contributed by atoms with Crippen LogP contribution in [0.4, 0.5) is 0 Å². The number of benzene rings is 1. The number of cyclic esters (lactones) is 1. The standard InChI is InChI=1S/C31H41N5O5/c1-18(2)25-26(37)32-19(3)27(38)36-16-8-14-31(7,35-36)29(40)41-20(4)23-12-11-22-10-9-21(17-24(22)33-23)13-15-30(5,6)28(39)34-25/h9-13,15,17-20,25,35H,8,14,16H2,1-7H3,(H,32,37)(H,34,39)/b15-13+/t19-,20+,25?,31-/m0/s1. The van der Waals surface area contributed by atoms with Gasteiger partial charge in [-0.1, -0.05) is 44.2 Å². The largest absolute Gasteiger partial charge is 0.455 e. The van der Waals surface area contributed by atoms with Crippen molar-refractivity contribution >= 4 is 40.7 Å². The molecule has 0 saturated carbocycles. The number of pyridine rings is 1. The van der Waals surface area contributed by atoms with Crippen LogP contribution in [0.25, 0.3) is 17.0 Å². The number of hydrogen-bond acceptors (Lipinski definition) is 7. The van der Waals surface area contributed by atoms with E-state index >= 15 is 0 Å². The lowest BCUT2D eigenvalue weighted by Crippen LogP contribution is -2.65. The Labute approximate surface area is 241 Å². The van der Waals surface area contributed by atoms with Crippen molar-refractivity contribution in [2.24, 2.45) is 11.3 Å². The molecule has 2 aliphatic heterocycles. The summed E-state index contributed by atoms with van der Waals surface area (Å²) in [4.78, 5) is 58.0. The number of hydrogen-bond donors (Lipinski definition) is 3. The van der Waals surface area contributed by atoms with E-state index in [4.69, 9.17) is 9.72 Å². The third-order valence-electron chi connectivity index (χ3n) is 7.84. The van der Waals surface area contributed by atoms with Gasteiger partial charge in [0.2, 0.25) is 11.8 Å². The molecule has 3 N–H and O–H groups in total. The van der Waals surface area contributed by atoms with Gasteiger partial charge in [0.25, 0.3) is 5.91 Å². The Kier molecular flexibility index (Phi) is 8.54. The molecule has 3 heterocycles. The molecule has 0 aliphatic carbocycles. The van der Waals surface area contributed by atoms with E-state index < -0.39 is 41.0 Å². The van der Waals surface area contributed by atoms with Gasteiger partial charge >= 0.3 is 5.97 Å². The molecule has 5 bridgehead atoms. The highest BCUT2D eigenvalue weighted by Crippen LogP contribution is 2.27. The van der Waals surface area contributed by atoms with Crippen LogP contribution >= 0.6 is 0 Å².